The molecule has 30 heavy (non-hydrogen) atoms. The van der Waals surface area contributed by atoms with Crippen LogP contribution in [0.2, 0.25) is 5.02 Å². The van der Waals surface area contributed by atoms with Gasteiger partial charge < -0.3 is 19.6 Å². The zero-order valence-electron chi connectivity index (χ0n) is 17.5. The van der Waals surface area contributed by atoms with Gasteiger partial charge >= 0.3 is 0 Å². The highest BCUT2D eigenvalue weighted by atomic mass is 35.5. The lowest BCUT2D eigenvalue weighted by molar-refractivity contribution is -0.857. The van der Waals surface area contributed by atoms with E-state index in [-0.39, 0.29) is 11.3 Å². The molecular formula is C23H26ClN2O4+. The van der Waals surface area contributed by atoms with Crippen LogP contribution in [0, 0.1) is 6.92 Å². The topological polar surface area (TPSA) is 71.3 Å². The first-order chi connectivity index (χ1) is 14.2. The summed E-state index contributed by atoms with van der Waals surface area (Å²) in [6.07, 6.45) is 0. The van der Waals surface area contributed by atoms with E-state index in [1.165, 1.54) is 18.1 Å². The first kappa shape index (κ1) is 21.9. The SMILES string of the molecule is COc1ccc(/C(O)=C2/C(=O)C(=O)N(CC[NH+](C)C)[C@H]2c2ccc(C)cc2)cc1Cl. The summed E-state index contributed by atoms with van der Waals surface area (Å²) >= 11 is 6.21. The number of quaternary nitrogens is 1. The second-order valence-electron chi connectivity index (χ2n) is 7.71. The zero-order valence-corrected chi connectivity index (χ0v) is 18.3. The number of likely N-dealkylation sites (tertiary alicyclic amines) is 1. The number of amides is 1. The predicted octanol–water partition coefficient (Wildman–Crippen LogP) is 2.22. The Hall–Kier alpha value is -2.83. The summed E-state index contributed by atoms with van der Waals surface area (Å²) in [5.41, 5.74) is 2.26. The highest BCUT2D eigenvalue weighted by Crippen LogP contribution is 2.40. The molecule has 0 aliphatic carbocycles. The minimum absolute atomic E-state index is 0.0684. The maximum atomic E-state index is 13.0. The van der Waals surface area contributed by atoms with Gasteiger partial charge in [-0.05, 0) is 30.7 Å². The van der Waals surface area contributed by atoms with Crippen LogP contribution in [0.3, 0.4) is 0 Å². The second-order valence-corrected chi connectivity index (χ2v) is 8.12. The largest absolute Gasteiger partial charge is 0.507 e. The number of benzene rings is 2. The number of methoxy groups -OCH3 is 1. The molecule has 7 heteroatoms. The van der Waals surface area contributed by atoms with E-state index in [0.717, 1.165) is 16.0 Å². The molecule has 0 spiro atoms. The fourth-order valence-electron chi connectivity index (χ4n) is 3.52. The molecule has 1 aliphatic rings. The lowest BCUT2D eigenvalue weighted by atomic mass is 9.94. The second kappa shape index (κ2) is 8.90. The van der Waals surface area contributed by atoms with Gasteiger partial charge in [-0.2, -0.15) is 0 Å². The van der Waals surface area contributed by atoms with Crippen molar-refractivity contribution in [3.63, 3.8) is 0 Å². The summed E-state index contributed by atoms with van der Waals surface area (Å²) in [5, 5.41) is 11.4. The summed E-state index contributed by atoms with van der Waals surface area (Å²) in [4.78, 5) is 28.5. The molecule has 1 fully saturated rings. The van der Waals surface area contributed by atoms with Gasteiger partial charge in [0.05, 0.1) is 50.9 Å². The van der Waals surface area contributed by atoms with Crippen molar-refractivity contribution in [3.05, 3.63) is 69.8 Å². The van der Waals surface area contributed by atoms with Crippen molar-refractivity contribution in [3.8, 4) is 5.75 Å². The Morgan fingerprint density at radius 3 is 2.40 bits per heavy atom. The van der Waals surface area contributed by atoms with Gasteiger partial charge in [0, 0.05) is 5.56 Å². The Bertz CT molecular complexity index is 999. The van der Waals surface area contributed by atoms with Crippen molar-refractivity contribution in [1.82, 2.24) is 4.90 Å². The lowest BCUT2D eigenvalue weighted by Crippen LogP contribution is -3.06. The number of aliphatic hydroxyl groups is 1. The fourth-order valence-corrected chi connectivity index (χ4v) is 3.78. The van der Waals surface area contributed by atoms with E-state index in [1.807, 2.05) is 45.3 Å². The molecule has 158 valence electrons. The van der Waals surface area contributed by atoms with Crippen LogP contribution in [0.4, 0.5) is 0 Å². The van der Waals surface area contributed by atoms with Crippen molar-refractivity contribution in [1.29, 1.82) is 0 Å². The Morgan fingerprint density at radius 1 is 1.17 bits per heavy atom. The number of ether oxygens (including phenoxy) is 1. The zero-order chi connectivity index (χ0) is 22.0. The van der Waals surface area contributed by atoms with Crippen molar-refractivity contribution in [2.45, 2.75) is 13.0 Å². The highest BCUT2D eigenvalue weighted by Gasteiger charge is 2.46. The molecular weight excluding hydrogens is 404 g/mol. The van der Waals surface area contributed by atoms with E-state index in [1.54, 1.807) is 12.1 Å². The van der Waals surface area contributed by atoms with E-state index in [4.69, 9.17) is 16.3 Å². The summed E-state index contributed by atoms with van der Waals surface area (Å²) in [7, 11) is 5.46. The van der Waals surface area contributed by atoms with Gasteiger partial charge in [-0.3, -0.25) is 9.59 Å². The monoisotopic (exact) mass is 429 g/mol. The minimum atomic E-state index is -0.696. The van der Waals surface area contributed by atoms with Crippen LogP contribution < -0.4 is 9.64 Å². The lowest BCUT2D eigenvalue weighted by Gasteiger charge is -2.25. The van der Waals surface area contributed by atoms with E-state index in [9.17, 15) is 14.7 Å². The number of halogens is 1. The molecule has 2 aromatic carbocycles. The van der Waals surface area contributed by atoms with Gasteiger partial charge in [0.2, 0.25) is 0 Å². The maximum Gasteiger partial charge on any atom is 0.295 e. The van der Waals surface area contributed by atoms with Gasteiger partial charge in [0.1, 0.15) is 11.5 Å². The van der Waals surface area contributed by atoms with Crippen LogP contribution in [0.1, 0.15) is 22.7 Å². The van der Waals surface area contributed by atoms with Crippen LogP contribution in [0.25, 0.3) is 5.76 Å². The molecule has 6 nitrogen and oxygen atoms in total. The number of hydrogen-bond acceptors (Lipinski definition) is 4. The molecule has 1 atom stereocenters. The Labute approximate surface area is 181 Å². The first-order valence-electron chi connectivity index (χ1n) is 9.72. The normalized spacial score (nSPS) is 18.3. The average Bonchev–Trinajstić information content (AvgIpc) is 2.96. The molecule has 2 aromatic rings. The molecule has 0 bridgehead atoms. The quantitative estimate of drug-likeness (QED) is 0.419. The first-order valence-corrected chi connectivity index (χ1v) is 10.1. The van der Waals surface area contributed by atoms with E-state index >= 15 is 0 Å². The van der Waals surface area contributed by atoms with Crippen LogP contribution in [-0.2, 0) is 9.59 Å². The van der Waals surface area contributed by atoms with Crippen LogP contribution in [-0.4, -0.2) is 56.0 Å². The van der Waals surface area contributed by atoms with Crippen LogP contribution >= 0.6 is 11.6 Å². The van der Waals surface area contributed by atoms with Gasteiger partial charge in [-0.15, -0.1) is 0 Å². The highest BCUT2D eigenvalue weighted by molar-refractivity contribution is 6.46. The van der Waals surface area contributed by atoms with Gasteiger partial charge in [-0.1, -0.05) is 41.4 Å². The van der Waals surface area contributed by atoms with Crippen LogP contribution in [0.15, 0.2) is 48.0 Å². The standard InChI is InChI=1S/C23H25ClN2O4/c1-14-5-7-15(8-6-14)20-19(22(28)23(29)26(20)12-11-25(2)3)21(27)16-9-10-18(30-4)17(24)13-16/h5-10,13,20,27H,11-12H2,1-4H3/p+1/b21-19-/t20-/m0/s1. The minimum Gasteiger partial charge on any atom is -0.507 e. The molecule has 3 rings (SSSR count). The number of ketones is 1. The number of nitrogens with one attached hydrogen (secondary N) is 1. The fraction of sp³-hybridized carbons (Fsp3) is 0.304. The molecule has 0 saturated carbocycles. The number of rotatable bonds is 6. The number of likely N-dealkylation sites (N-methyl/N-ethyl adjacent to an activating group) is 1. The molecule has 1 amide bonds. The predicted molar refractivity (Wildman–Crippen MR) is 116 cm³/mol. The molecule has 1 heterocycles. The number of hydrogen-bond donors (Lipinski definition) is 2. The third-order valence-corrected chi connectivity index (χ3v) is 5.51. The Morgan fingerprint density at radius 2 is 1.83 bits per heavy atom. The van der Waals surface area contributed by atoms with Gasteiger partial charge in [-0.25, -0.2) is 0 Å². The number of aliphatic hydroxyl groups excluding tert-OH is 1. The third-order valence-electron chi connectivity index (χ3n) is 5.21. The molecule has 0 aromatic heterocycles. The molecule has 0 radical (unpaired) electrons. The van der Waals surface area contributed by atoms with E-state index in [0.29, 0.717) is 29.4 Å². The number of carbonyl (C=O) groups is 2. The molecule has 2 N–H and O–H groups in total. The average molecular weight is 430 g/mol. The van der Waals surface area contributed by atoms with Gasteiger partial charge in [0.15, 0.2) is 0 Å². The smallest absolute Gasteiger partial charge is 0.295 e. The summed E-state index contributed by atoms with van der Waals surface area (Å²) in [6, 6.07) is 11.7. The number of nitrogens with zero attached hydrogens (tertiary/aromatic N) is 1. The number of Topliss-reactive ketones (excluding diaryl/α,β-unsaturated/α-hetero) is 1. The Balaban J connectivity index is 2.14. The summed E-state index contributed by atoms with van der Waals surface area (Å²) < 4.78 is 5.16. The van der Waals surface area contributed by atoms with E-state index < -0.39 is 17.7 Å². The molecule has 1 aliphatic heterocycles. The summed E-state index contributed by atoms with van der Waals surface area (Å²) in [5.74, 6) is -1.09. The molecule has 0 unspecified atom stereocenters. The van der Waals surface area contributed by atoms with Crippen molar-refractivity contribution in [2.75, 3.05) is 34.3 Å². The van der Waals surface area contributed by atoms with Crippen molar-refractivity contribution in [2.24, 2.45) is 0 Å². The van der Waals surface area contributed by atoms with Crippen molar-refractivity contribution >= 4 is 29.1 Å². The number of carbonyl (C=O) groups excluding carboxylic acids is 2. The van der Waals surface area contributed by atoms with Crippen LogP contribution in [0.5, 0.6) is 5.75 Å². The van der Waals surface area contributed by atoms with Crippen molar-refractivity contribution < 1.29 is 24.3 Å². The molecule has 1 saturated heterocycles. The summed E-state index contributed by atoms with van der Waals surface area (Å²) in [6.45, 7) is 3.03. The Kier molecular flexibility index (Phi) is 6.48. The van der Waals surface area contributed by atoms with E-state index in [2.05, 4.69) is 0 Å². The van der Waals surface area contributed by atoms with Gasteiger partial charge in [0.25, 0.3) is 11.7 Å². The number of aryl methyl sites for hydroxylation is 1. The maximum absolute atomic E-state index is 13.0. The third kappa shape index (κ3) is 4.20.